The third-order valence-electron chi connectivity index (χ3n) is 3.47. The first-order valence-corrected chi connectivity index (χ1v) is 8.82. The molecular weight excluding hydrogens is 286 g/mol. The predicted molar refractivity (Wildman–Crippen MR) is 99.4 cm³/mol. The zero-order valence-electron chi connectivity index (χ0n) is 16.2. The molecule has 1 heterocycles. The van der Waals surface area contributed by atoms with Crippen molar-refractivity contribution in [1.82, 2.24) is 9.97 Å². The van der Waals surface area contributed by atoms with Crippen LogP contribution in [0.4, 0.5) is 0 Å². The normalized spacial score (nSPS) is 11.0. The number of carbonyl (C=O) groups excluding carboxylic acids is 1. The molecule has 1 aromatic rings. The average Bonchev–Trinajstić information content (AvgIpc) is 2.55. The van der Waals surface area contributed by atoms with Gasteiger partial charge in [-0.15, -0.1) is 0 Å². The van der Waals surface area contributed by atoms with E-state index in [9.17, 15) is 4.79 Å². The fraction of sp³-hybridized carbons (Fsp3) is 0.737. The predicted octanol–water partition coefficient (Wildman–Crippen LogP) is 4.35. The number of ketones is 1. The highest BCUT2D eigenvalue weighted by Crippen LogP contribution is 2.00. The molecule has 0 bridgehead atoms. The minimum atomic E-state index is 0.153. The minimum absolute atomic E-state index is 0.153. The molecule has 0 saturated heterocycles. The van der Waals surface area contributed by atoms with Gasteiger partial charge in [-0.25, -0.2) is 9.97 Å². The number of aromatic nitrogens is 2. The van der Waals surface area contributed by atoms with E-state index in [1.165, 1.54) is 18.4 Å². The molecule has 0 fully saturated rings. The van der Waals surface area contributed by atoms with Crippen LogP contribution in [0, 0.1) is 18.8 Å². The summed E-state index contributed by atoms with van der Waals surface area (Å²) < 4.78 is 0. The minimum Gasteiger partial charge on any atom is -0.324 e. The van der Waals surface area contributed by atoms with Crippen molar-refractivity contribution in [3.05, 3.63) is 23.8 Å². The Morgan fingerprint density at radius 2 is 1.65 bits per heavy atom. The van der Waals surface area contributed by atoms with Crippen molar-refractivity contribution in [1.29, 1.82) is 0 Å². The highest BCUT2D eigenvalue weighted by molar-refractivity contribution is 5.82. The van der Waals surface area contributed by atoms with Crippen molar-refractivity contribution >= 4 is 5.78 Å². The Kier molecular flexibility index (Phi) is 16.3. The summed E-state index contributed by atoms with van der Waals surface area (Å²) >= 11 is 0. The fourth-order valence-corrected chi connectivity index (χ4v) is 1.61. The number of aryl methyl sites for hydroxylation is 2. The summed E-state index contributed by atoms with van der Waals surface area (Å²) in [5.41, 5.74) is 6.29. The molecule has 0 aliphatic carbocycles. The van der Waals surface area contributed by atoms with Crippen LogP contribution in [0.15, 0.2) is 12.4 Å². The largest absolute Gasteiger partial charge is 0.324 e. The molecule has 4 nitrogen and oxygen atoms in total. The molecule has 0 spiro atoms. The van der Waals surface area contributed by atoms with Crippen LogP contribution in [-0.2, 0) is 11.2 Å². The summed E-state index contributed by atoms with van der Waals surface area (Å²) in [6.45, 7) is 14.8. The summed E-state index contributed by atoms with van der Waals surface area (Å²) in [5, 5.41) is 0. The van der Waals surface area contributed by atoms with Crippen LogP contribution < -0.4 is 5.73 Å². The summed E-state index contributed by atoms with van der Waals surface area (Å²) in [4.78, 5) is 18.7. The smallest absolute Gasteiger partial charge is 0.149 e. The summed E-state index contributed by atoms with van der Waals surface area (Å²) in [6.07, 6.45) is 8.35. The highest BCUT2D eigenvalue weighted by Gasteiger charge is 2.06. The van der Waals surface area contributed by atoms with Crippen molar-refractivity contribution < 1.29 is 4.79 Å². The van der Waals surface area contributed by atoms with Crippen molar-refractivity contribution in [2.45, 2.75) is 74.1 Å². The molecule has 4 heteroatoms. The van der Waals surface area contributed by atoms with Gasteiger partial charge in [-0.1, -0.05) is 54.4 Å². The number of nitrogens with zero attached hydrogens (tertiary/aromatic N) is 2. The standard InChI is InChI=1S/C7H10N2.C6H13NO.C6H14/c1-3-7-4-8-6(2)9-5-7;1-3-5(2)6(8)4-7;1-4-5-6(2)3/h4-5H,3H2,1-2H3;5H,3-4,7H2,1-2H3;6H,4-5H2,1-3H3. The maximum atomic E-state index is 10.6. The fourth-order valence-electron chi connectivity index (χ4n) is 1.61. The Morgan fingerprint density at radius 3 is 1.87 bits per heavy atom. The van der Waals surface area contributed by atoms with Crippen LogP contribution in [0.5, 0.6) is 0 Å². The molecule has 1 unspecified atom stereocenters. The van der Waals surface area contributed by atoms with Gasteiger partial charge in [0.1, 0.15) is 11.6 Å². The lowest BCUT2D eigenvalue weighted by molar-refractivity contribution is -0.121. The second-order valence-corrected chi connectivity index (χ2v) is 6.15. The summed E-state index contributed by atoms with van der Waals surface area (Å²) in [5.74, 6) is 2.05. The first-order chi connectivity index (χ1) is 10.8. The lowest BCUT2D eigenvalue weighted by atomic mass is 10.0. The third kappa shape index (κ3) is 15.4. The molecule has 0 aliphatic rings. The highest BCUT2D eigenvalue weighted by atomic mass is 16.1. The molecule has 1 atom stereocenters. The van der Waals surface area contributed by atoms with Gasteiger partial charge in [0.25, 0.3) is 0 Å². The molecule has 0 radical (unpaired) electrons. The molecule has 0 aromatic carbocycles. The molecule has 0 aliphatic heterocycles. The van der Waals surface area contributed by atoms with E-state index in [1.807, 2.05) is 33.2 Å². The van der Waals surface area contributed by atoms with E-state index >= 15 is 0 Å². The Morgan fingerprint density at radius 1 is 1.13 bits per heavy atom. The maximum absolute atomic E-state index is 10.6. The first-order valence-electron chi connectivity index (χ1n) is 8.82. The SMILES string of the molecule is CCC(C)C(=O)CN.CCCC(C)C.CCc1cnc(C)nc1. The van der Waals surface area contributed by atoms with Crippen LogP contribution in [0.1, 0.15) is 72.2 Å². The molecule has 0 amide bonds. The van der Waals surface area contributed by atoms with Crippen molar-refractivity contribution in [2.24, 2.45) is 17.6 Å². The second kappa shape index (κ2) is 15.6. The molecule has 1 aromatic heterocycles. The molecule has 134 valence electrons. The Bertz CT molecular complexity index is 388. The monoisotopic (exact) mass is 323 g/mol. The number of rotatable bonds is 6. The van der Waals surface area contributed by atoms with Gasteiger partial charge in [0.2, 0.25) is 0 Å². The van der Waals surface area contributed by atoms with E-state index in [0.717, 1.165) is 24.6 Å². The van der Waals surface area contributed by atoms with Gasteiger partial charge in [0.05, 0.1) is 6.54 Å². The van der Waals surface area contributed by atoms with Crippen LogP contribution in [0.25, 0.3) is 0 Å². The van der Waals surface area contributed by atoms with Crippen molar-refractivity contribution in [3.63, 3.8) is 0 Å². The van der Waals surface area contributed by atoms with E-state index in [1.54, 1.807) is 0 Å². The lowest BCUT2D eigenvalue weighted by Gasteiger charge is -2.01. The number of carbonyl (C=O) groups is 1. The Labute approximate surface area is 143 Å². The van der Waals surface area contributed by atoms with Crippen molar-refractivity contribution in [2.75, 3.05) is 6.54 Å². The van der Waals surface area contributed by atoms with Gasteiger partial charge in [-0.05, 0) is 31.2 Å². The Balaban J connectivity index is 0. The van der Waals surface area contributed by atoms with Crippen molar-refractivity contribution in [3.8, 4) is 0 Å². The number of hydrogen-bond donors (Lipinski definition) is 1. The van der Waals surface area contributed by atoms with Gasteiger partial charge >= 0.3 is 0 Å². The molecule has 1 rings (SSSR count). The molecular formula is C19H37N3O. The lowest BCUT2D eigenvalue weighted by Crippen LogP contribution is -2.20. The zero-order valence-corrected chi connectivity index (χ0v) is 16.2. The Hall–Kier alpha value is -1.29. The quantitative estimate of drug-likeness (QED) is 0.845. The second-order valence-electron chi connectivity index (χ2n) is 6.15. The summed E-state index contributed by atoms with van der Waals surface area (Å²) in [7, 11) is 0. The topological polar surface area (TPSA) is 68.9 Å². The molecule has 23 heavy (non-hydrogen) atoms. The van der Waals surface area contributed by atoms with Gasteiger partial charge in [-0.3, -0.25) is 4.79 Å². The average molecular weight is 324 g/mol. The number of nitrogens with two attached hydrogens (primary N) is 1. The number of Topliss-reactive ketones (excluding diaryl/α,β-unsaturated/α-hetero) is 1. The van der Waals surface area contributed by atoms with Crippen LogP contribution in [0.3, 0.4) is 0 Å². The van der Waals surface area contributed by atoms with E-state index < -0.39 is 0 Å². The zero-order chi connectivity index (χ0) is 18.3. The van der Waals surface area contributed by atoms with Gasteiger partial charge < -0.3 is 5.73 Å². The third-order valence-corrected chi connectivity index (χ3v) is 3.47. The van der Waals surface area contributed by atoms with E-state index in [0.29, 0.717) is 0 Å². The van der Waals surface area contributed by atoms with Gasteiger partial charge in [0, 0.05) is 18.3 Å². The number of hydrogen-bond acceptors (Lipinski definition) is 4. The van der Waals surface area contributed by atoms with E-state index in [4.69, 9.17) is 5.73 Å². The van der Waals surface area contributed by atoms with Gasteiger partial charge in [0.15, 0.2) is 0 Å². The van der Waals surface area contributed by atoms with E-state index in [2.05, 4.69) is 37.7 Å². The van der Waals surface area contributed by atoms with Gasteiger partial charge in [-0.2, -0.15) is 0 Å². The van der Waals surface area contributed by atoms with Crippen LogP contribution in [0.2, 0.25) is 0 Å². The first kappa shape index (κ1) is 24.0. The molecule has 2 N–H and O–H groups in total. The van der Waals surface area contributed by atoms with Crippen LogP contribution >= 0.6 is 0 Å². The van der Waals surface area contributed by atoms with Crippen LogP contribution in [-0.4, -0.2) is 22.3 Å². The maximum Gasteiger partial charge on any atom is 0.149 e. The van der Waals surface area contributed by atoms with E-state index in [-0.39, 0.29) is 18.2 Å². The molecule has 0 saturated carbocycles. The summed E-state index contributed by atoms with van der Waals surface area (Å²) in [6, 6.07) is 0.